The lowest BCUT2D eigenvalue weighted by Gasteiger charge is -2.30. The molecular weight excluding hydrogens is 400 g/mol. The summed E-state index contributed by atoms with van der Waals surface area (Å²) in [5, 5.41) is 24.9. The van der Waals surface area contributed by atoms with Gasteiger partial charge < -0.3 is 9.67 Å². The number of nitrogens with one attached hydrogen (secondary N) is 1. The van der Waals surface area contributed by atoms with Gasteiger partial charge in [-0.25, -0.2) is 10.1 Å². The number of nitrogens with zero attached hydrogens (tertiary/aromatic N) is 5. The molecule has 1 saturated carbocycles. The number of tetrazole rings is 1. The summed E-state index contributed by atoms with van der Waals surface area (Å²) >= 11 is 6.28. The zero-order valence-electron chi connectivity index (χ0n) is 17.4. The van der Waals surface area contributed by atoms with Gasteiger partial charge in [0.15, 0.2) is 11.0 Å². The third kappa shape index (κ3) is 4.42. The molecule has 3 aromatic rings. The van der Waals surface area contributed by atoms with Gasteiger partial charge in [0.1, 0.15) is 5.82 Å². The molecule has 1 aliphatic rings. The molecule has 1 fully saturated rings. The summed E-state index contributed by atoms with van der Waals surface area (Å²) in [7, 11) is 0. The second-order valence-corrected chi connectivity index (χ2v) is 8.50. The van der Waals surface area contributed by atoms with E-state index in [2.05, 4.69) is 61.4 Å². The smallest absolute Gasteiger partial charge is 0.152 e. The molecule has 30 heavy (non-hydrogen) atoms. The van der Waals surface area contributed by atoms with Crippen molar-refractivity contribution in [2.45, 2.75) is 76.9 Å². The second-order valence-electron chi connectivity index (χ2n) is 8.14. The predicted octanol–water partition coefficient (Wildman–Crippen LogP) is 4.37. The van der Waals surface area contributed by atoms with Crippen LogP contribution >= 0.6 is 11.6 Å². The maximum atomic E-state index is 9.79. The SMILES string of the molecule is CCCCc1nc(Cl)c(CO)n1Cc1ccc([C@H]2CCCC[C@@H]2c2nnn[nH]2)cc1. The van der Waals surface area contributed by atoms with Crippen molar-refractivity contribution in [2.75, 3.05) is 0 Å². The standard InChI is InChI=1S/C22H29ClN6O/c1-2-3-8-20-24-21(23)19(14-30)29(20)13-15-9-11-16(12-10-15)17-6-4-5-7-18(17)22-25-27-28-26-22/h9-12,17-18,30H,2-8,13-14H2,1H3,(H,25,26,27,28)/t17-,18+/m1/s1. The minimum absolute atomic E-state index is 0.106. The van der Waals surface area contributed by atoms with E-state index in [1.807, 2.05) is 0 Å². The Morgan fingerprint density at radius 1 is 1.17 bits per heavy atom. The average molecular weight is 429 g/mol. The van der Waals surface area contributed by atoms with E-state index in [0.717, 1.165) is 43.8 Å². The van der Waals surface area contributed by atoms with E-state index >= 15 is 0 Å². The highest BCUT2D eigenvalue weighted by Crippen LogP contribution is 2.42. The molecule has 2 heterocycles. The highest BCUT2D eigenvalue weighted by atomic mass is 35.5. The van der Waals surface area contributed by atoms with Gasteiger partial charge in [0.25, 0.3) is 0 Å². The third-order valence-electron chi connectivity index (χ3n) is 6.23. The van der Waals surface area contributed by atoms with Crippen molar-refractivity contribution < 1.29 is 5.11 Å². The first-order valence-corrected chi connectivity index (χ1v) is 11.3. The Morgan fingerprint density at radius 3 is 2.60 bits per heavy atom. The van der Waals surface area contributed by atoms with E-state index in [9.17, 15) is 5.11 Å². The van der Waals surface area contributed by atoms with Gasteiger partial charge in [-0.15, -0.1) is 5.10 Å². The lowest BCUT2D eigenvalue weighted by Crippen LogP contribution is -2.17. The van der Waals surface area contributed by atoms with Gasteiger partial charge in [0.2, 0.25) is 0 Å². The average Bonchev–Trinajstić information content (AvgIpc) is 3.41. The lowest BCUT2D eigenvalue weighted by molar-refractivity contribution is 0.271. The number of aliphatic hydroxyl groups excluding tert-OH is 1. The number of hydrogen-bond acceptors (Lipinski definition) is 5. The van der Waals surface area contributed by atoms with Gasteiger partial charge in [-0.1, -0.05) is 62.1 Å². The molecule has 2 N–H and O–H groups in total. The third-order valence-corrected chi connectivity index (χ3v) is 6.54. The summed E-state index contributed by atoms with van der Waals surface area (Å²) in [4.78, 5) is 4.49. The van der Waals surface area contributed by atoms with E-state index < -0.39 is 0 Å². The Bertz CT molecular complexity index is 937. The molecule has 0 unspecified atom stereocenters. The number of aromatic nitrogens is 6. The quantitative estimate of drug-likeness (QED) is 0.555. The van der Waals surface area contributed by atoms with Crippen molar-refractivity contribution in [2.24, 2.45) is 0 Å². The Kier molecular flexibility index (Phi) is 6.79. The van der Waals surface area contributed by atoms with Crippen molar-refractivity contribution in [3.63, 3.8) is 0 Å². The van der Waals surface area contributed by atoms with Crippen molar-refractivity contribution >= 4 is 11.6 Å². The summed E-state index contributed by atoms with van der Waals surface area (Å²) in [6.07, 6.45) is 7.72. The van der Waals surface area contributed by atoms with E-state index in [0.29, 0.717) is 29.2 Å². The molecule has 2 atom stereocenters. The number of aryl methyl sites for hydroxylation is 1. The van der Waals surface area contributed by atoms with Crippen LogP contribution in [0.15, 0.2) is 24.3 Å². The first-order valence-electron chi connectivity index (χ1n) is 10.9. The zero-order valence-corrected chi connectivity index (χ0v) is 18.1. The van der Waals surface area contributed by atoms with Crippen LogP contribution in [0.4, 0.5) is 0 Å². The van der Waals surface area contributed by atoms with Crippen LogP contribution in [0.3, 0.4) is 0 Å². The van der Waals surface area contributed by atoms with Gasteiger partial charge in [0, 0.05) is 18.9 Å². The van der Waals surface area contributed by atoms with E-state index in [1.165, 1.54) is 24.0 Å². The molecule has 0 bridgehead atoms. The summed E-state index contributed by atoms with van der Waals surface area (Å²) in [5.74, 6) is 2.61. The monoisotopic (exact) mass is 428 g/mol. The molecule has 0 saturated heterocycles. The summed E-state index contributed by atoms with van der Waals surface area (Å²) in [6.45, 7) is 2.72. The fourth-order valence-corrected chi connectivity index (χ4v) is 4.86. The van der Waals surface area contributed by atoms with Crippen LogP contribution in [0, 0.1) is 0 Å². The predicted molar refractivity (Wildman–Crippen MR) is 115 cm³/mol. The van der Waals surface area contributed by atoms with Gasteiger partial charge in [0.05, 0.1) is 12.3 Å². The van der Waals surface area contributed by atoms with E-state index in [-0.39, 0.29) is 6.61 Å². The number of rotatable bonds is 8. The van der Waals surface area contributed by atoms with Crippen LogP contribution in [0.5, 0.6) is 0 Å². The minimum Gasteiger partial charge on any atom is -0.390 e. The fourth-order valence-electron chi connectivity index (χ4n) is 4.60. The van der Waals surface area contributed by atoms with Crippen LogP contribution in [0.25, 0.3) is 0 Å². The van der Waals surface area contributed by atoms with Crippen LogP contribution in [0.2, 0.25) is 5.15 Å². The molecule has 1 aliphatic carbocycles. The van der Waals surface area contributed by atoms with Crippen molar-refractivity contribution in [1.29, 1.82) is 0 Å². The number of hydrogen-bond donors (Lipinski definition) is 2. The van der Waals surface area contributed by atoms with Crippen molar-refractivity contribution in [3.05, 3.63) is 57.9 Å². The van der Waals surface area contributed by atoms with Crippen LogP contribution in [0.1, 0.15) is 85.8 Å². The number of aromatic amines is 1. The molecule has 0 radical (unpaired) electrons. The normalized spacial score (nSPS) is 19.3. The topological polar surface area (TPSA) is 92.5 Å². The summed E-state index contributed by atoms with van der Waals surface area (Å²) in [6, 6.07) is 8.81. The highest BCUT2D eigenvalue weighted by molar-refractivity contribution is 6.30. The van der Waals surface area contributed by atoms with E-state index in [4.69, 9.17) is 11.6 Å². The highest BCUT2D eigenvalue weighted by Gasteiger charge is 2.30. The molecule has 0 spiro atoms. The van der Waals surface area contributed by atoms with E-state index in [1.54, 1.807) is 0 Å². The summed E-state index contributed by atoms with van der Waals surface area (Å²) < 4.78 is 2.07. The molecule has 0 amide bonds. The first-order chi connectivity index (χ1) is 14.7. The number of aliphatic hydroxyl groups is 1. The van der Waals surface area contributed by atoms with Crippen LogP contribution in [-0.2, 0) is 19.6 Å². The van der Waals surface area contributed by atoms with Crippen LogP contribution < -0.4 is 0 Å². The molecule has 2 aromatic heterocycles. The molecule has 7 nitrogen and oxygen atoms in total. The van der Waals surface area contributed by atoms with Gasteiger partial charge in [-0.05, 0) is 46.7 Å². The first kappa shape index (κ1) is 21.0. The van der Waals surface area contributed by atoms with Crippen LogP contribution in [-0.4, -0.2) is 35.3 Å². The maximum Gasteiger partial charge on any atom is 0.152 e. The zero-order chi connectivity index (χ0) is 20.9. The van der Waals surface area contributed by atoms with Gasteiger partial charge in [-0.3, -0.25) is 0 Å². The molecule has 0 aliphatic heterocycles. The van der Waals surface area contributed by atoms with Crippen molar-refractivity contribution in [1.82, 2.24) is 30.2 Å². The number of H-pyrrole nitrogens is 1. The minimum atomic E-state index is -0.106. The molecular formula is C22H29ClN6O. The number of benzene rings is 1. The molecule has 1 aromatic carbocycles. The maximum absolute atomic E-state index is 9.79. The van der Waals surface area contributed by atoms with Gasteiger partial charge >= 0.3 is 0 Å². The number of imidazole rings is 1. The largest absolute Gasteiger partial charge is 0.390 e. The Balaban J connectivity index is 1.54. The van der Waals surface area contributed by atoms with Crippen molar-refractivity contribution in [3.8, 4) is 0 Å². The lowest BCUT2D eigenvalue weighted by atomic mass is 9.75. The Morgan fingerprint density at radius 2 is 1.93 bits per heavy atom. The number of unbranched alkanes of at least 4 members (excludes halogenated alkanes) is 1. The Hall–Kier alpha value is -2.25. The fraction of sp³-hybridized carbons (Fsp3) is 0.545. The Labute approximate surface area is 181 Å². The summed E-state index contributed by atoms with van der Waals surface area (Å²) in [5.41, 5.74) is 3.20. The second kappa shape index (κ2) is 9.71. The molecule has 8 heteroatoms. The van der Waals surface area contributed by atoms with Gasteiger partial charge in [-0.2, -0.15) is 0 Å². The number of halogens is 1. The molecule has 4 rings (SSSR count). The molecule has 160 valence electrons.